The molecule has 0 aromatic heterocycles. The summed E-state index contributed by atoms with van der Waals surface area (Å²) in [6.45, 7) is 4.15. The van der Waals surface area contributed by atoms with E-state index in [1.54, 1.807) is 12.1 Å². The van der Waals surface area contributed by atoms with Crippen LogP contribution in [0.4, 0.5) is 0 Å². The molecule has 2 aromatic carbocycles. The van der Waals surface area contributed by atoms with Gasteiger partial charge in [-0.3, -0.25) is 0 Å². The third-order valence-corrected chi connectivity index (χ3v) is 4.33. The lowest BCUT2D eigenvalue weighted by Gasteiger charge is -2.09. The summed E-state index contributed by atoms with van der Waals surface area (Å²) in [5, 5.41) is 0. The first-order valence-corrected chi connectivity index (χ1v) is 7.65. The molecule has 2 rings (SSSR count). The molecule has 0 fully saturated rings. The number of hydrogen-bond donors (Lipinski definition) is 0. The summed E-state index contributed by atoms with van der Waals surface area (Å²) in [6, 6.07) is 13.2. The maximum Gasteiger partial charge on any atom is 0.175 e. The van der Waals surface area contributed by atoms with Gasteiger partial charge in [0.2, 0.25) is 0 Å². The van der Waals surface area contributed by atoms with Crippen LogP contribution < -0.4 is 0 Å². The van der Waals surface area contributed by atoms with Gasteiger partial charge in [-0.25, -0.2) is 8.42 Å². The van der Waals surface area contributed by atoms with E-state index in [2.05, 4.69) is 26.0 Å². The van der Waals surface area contributed by atoms with Crippen LogP contribution in [-0.4, -0.2) is 14.7 Å². The molecule has 0 amide bonds. The second kappa shape index (κ2) is 4.58. The van der Waals surface area contributed by atoms with Crippen molar-refractivity contribution in [1.29, 1.82) is 0 Å². The molecular formula is C15H16O2S. The predicted octanol–water partition coefficient (Wildman–Crippen LogP) is 3.37. The zero-order valence-corrected chi connectivity index (χ0v) is 11.6. The highest BCUT2D eigenvalue weighted by Crippen LogP contribution is 2.26. The van der Waals surface area contributed by atoms with Crippen LogP contribution in [0.1, 0.15) is 11.1 Å². The van der Waals surface area contributed by atoms with Crippen molar-refractivity contribution in [1.82, 2.24) is 0 Å². The van der Waals surface area contributed by atoms with Gasteiger partial charge in [0.1, 0.15) is 0 Å². The summed E-state index contributed by atoms with van der Waals surface area (Å²) < 4.78 is 22.8. The lowest BCUT2D eigenvalue weighted by atomic mass is 9.97. The first-order valence-electron chi connectivity index (χ1n) is 5.76. The highest BCUT2D eigenvalue weighted by Gasteiger charge is 2.08. The van der Waals surface area contributed by atoms with Gasteiger partial charge in [0.25, 0.3) is 0 Å². The van der Waals surface area contributed by atoms with E-state index in [1.807, 2.05) is 18.2 Å². The molecule has 0 heterocycles. The van der Waals surface area contributed by atoms with E-state index >= 15 is 0 Å². The Kier molecular flexibility index (Phi) is 3.26. The normalized spacial score (nSPS) is 11.5. The lowest BCUT2D eigenvalue weighted by molar-refractivity contribution is 0.602. The average Bonchev–Trinajstić information content (AvgIpc) is 2.32. The van der Waals surface area contributed by atoms with Crippen LogP contribution in [0, 0.1) is 13.8 Å². The number of rotatable bonds is 2. The smallest absolute Gasteiger partial charge is 0.175 e. The molecule has 0 aliphatic heterocycles. The standard InChI is InChI=1S/C15H16O2S/c1-11-5-4-6-15(12(11)2)13-7-9-14(10-8-13)18(3,16)17/h4-10H,1-3H3. The van der Waals surface area contributed by atoms with Crippen LogP contribution >= 0.6 is 0 Å². The fourth-order valence-electron chi connectivity index (χ4n) is 1.95. The van der Waals surface area contributed by atoms with E-state index in [0.717, 1.165) is 11.1 Å². The van der Waals surface area contributed by atoms with E-state index < -0.39 is 9.84 Å². The minimum Gasteiger partial charge on any atom is -0.224 e. The van der Waals surface area contributed by atoms with E-state index in [0.29, 0.717) is 4.90 Å². The van der Waals surface area contributed by atoms with Crippen molar-refractivity contribution < 1.29 is 8.42 Å². The van der Waals surface area contributed by atoms with E-state index in [9.17, 15) is 8.42 Å². The summed E-state index contributed by atoms with van der Waals surface area (Å²) >= 11 is 0. The Hall–Kier alpha value is -1.61. The van der Waals surface area contributed by atoms with Gasteiger partial charge in [0.15, 0.2) is 9.84 Å². The maximum absolute atomic E-state index is 11.4. The Morgan fingerprint density at radius 1 is 0.889 bits per heavy atom. The Bertz CT molecular complexity index is 668. The minimum absolute atomic E-state index is 0.358. The molecule has 2 aromatic rings. The Morgan fingerprint density at radius 2 is 1.50 bits per heavy atom. The van der Waals surface area contributed by atoms with Crippen LogP contribution in [0.3, 0.4) is 0 Å². The number of sulfone groups is 1. The lowest BCUT2D eigenvalue weighted by Crippen LogP contribution is -1.96. The molecule has 0 radical (unpaired) electrons. The van der Waals surface area contributed by atoms with Gasteiger partial charge in [-0.1, -0.05) is 30.3 Å². The van der Waals surface area contributed by atoms with Crippen molar-refractivity contribution >= 4 is 9.84 Å². The molecule has 3 heteroatoms. The van der Waals surface area contributed by atoms with Gasteiger partial charge >= 0.3 is 0 Å². The highest BCUT2D eigenvalue weighted by molar-refractivity contribution is 7.90. The van der Waals surface area contributed by atoms with Gasteiger partial charge < -0.3 is 0 Å². The fourth-order valence-corrected chi connectivity index (χ4v) is 2.58. The third kappa shape index (κ3) is 2.46. The first-order chi connectivity index (χ1) is 8.39. The Balaban J connectivity index is 2.50. The van der Waals surface area contributed by atoms with Crippen molar-refractivity contribution in [2.75, 3.05) is 6.26 Å². The molecule has 0 aliphatic carbocycles. The van der Waals surface area contributed by atoms with Crippen molar-refractivity contribution in [3.8, 4) is 11.1 Å². The van der Waals surface area contributed by atoms with Crippen LogP contribution in [0.5, 0.6) is 0 Å². The Labute approximate surface area is 108 Å². The van der Waals surface area contributed by atoms with Gasteiger partial charge in [0.05, 0.1) is 4.90 Å². The fraction of sp³-hybridized carbons (Fsp3) is 0.200. The van der Waals surface area contributed by atoms with Crippen LogP contribution in [0.2, 0.25) is 0 Å². The summed E-state index contributed by atoms with van der Waals surface area (Å²) in [7, 11) is -3.12. The van der Waals surface area contributed by atoms with Crippen LogP contribution in [0.25, 0.3) is 11.1 Å². The largest absolute Gasteiger partial charge is 0.224 e. The molecule has 0 spiro atoms. The van der Waals surface area contributed by atoms with E-state index in [-0.39, 0.29) is 0 Å². The molecule has 0 atom stereocenters. The summed E-state index contributed by atoms with van der Waals surface area (Å²) in [5.41, 5.74) is 4.66. The molecule has 0 saturated carbocycles. The van der Waals surface area contributed by atoms with Gasteiger partial charge in [0, 0.05) is 6.26 Å². The van der Waals surface area contributed by atoms with Crippen LogP contribution in [0.15, 0.2) is 47.4 Å². The predicted molar refractivity (Wildman–Crippen MR) is 74.5 cm³/mol. The molecule has 94 valence electrons. The average molecular weight is 260 g/mol. The Morgan fingerprint density at radius 3 is 2.06 bits per heavy atom. The van der Waals surface area contributed by atoms with Gasteiger partial charge in [-0.15, -0.1) is 0 Å². The molecule has 0 saturated heterocycles. The zero-order chi connectivity index (χ0) is 13.3. The number of aryl methyl sites for hydroxylation is 1. The van der Waals surface area contributed by atoms with E-state index in [1.165, 1.54) is 17.4 Å². The number of benzene rings is 2. The summed E-state index contributed by atoms with van der Waals surface area (Å²) in [5.74, 6) is 0. The van der Waals surface area contributed by atoms with Gasteiger partial charge in [-0.2, -0.15) is 0 Å². The topological polar surface area (TPSA) is 34.1 Å². The van der Waals surface area contributed by atoms with Crippen molar-refractivity contribution in [3.05, 3.63) is 53.6 Å². The molecular weight excluding hydrogens is 244 g/mol. The quantitative estimate of drug-likeness (QED) is 0.829. The maximum atomic E-state index is 11.4. The van der Waals surface area contributed by atoms with E-state index in [4.69, 9.17) is 0 Å². The first kappa shape index (κ1) is 12.8. The van der Waals surface area contributed by atoms with Crippen LogP contribution in [-0.2, 0) is 9.84 Å². The SMILES string of the molecule is Cc1cccc(-c2ccc(S(C)(=O)=O)cc2)c1C. The minimum atomic E-state index is -3.12. The monoisotopic (exact) mass is 260 g/mol. The zero-order valence-electron chi connectivity index (χ0n) is 10.8. The van der Waals surface area contributed by atoms with Gasteiger partial charge in [-0.05, 0) is 48.2 Å². The molecule has 2 nitrogen and oxygen atoms in total. The highest BCUT2D eigenvalue weighted by atomic mass is 32.2. The second-order valence-electron chi connectivity index (χ2n) is 4.54. The second-order valence-corrected chi connectivity index (χ2v) is 6.56. The molecule has 0 N–H and O–H groups in total. The molecule has 0 unspecified atom stereocenters. The summed E-state index contributed by atoms with van der Waals surface area (Å²) in [6.07, 6.45) is 1.22. The number of hydrogen-bond acceptors (Lipinski definition) is 2. The summed E-state index contributed by atoms with van der Waals surface area (Å²) in [4.78, 5) is 0.358. The third-order valence-electron chi connectivity index (χ3n) is 3.20. The molecule has 0 aliphatic rings. The van der Waals surface area contributed by atoms with Crippen molar-refractivity contribution in [2.45, 2.75) is 18.7 Å². The molecule has 0 bridgehead atoms. The molecule has 18 heavy (non-hydrogen) atoms. The van der Waals surface area contributed by atoms with Crippen molar-refractivity contribution in [2.24, 2.45) is 0 Å². The van der Waals surface area contributed by atoms with Crippen molar-refractivity contribution in [3.63, 3.8) is 0 Å².